The Morgan fingerprint density at radius 1 is 1.24 bits per heavy atom. The van der Waals surface area contributed by atoms with Crippen LogP contribution in [0.15, 0.2) is 0 Å². The zero-order chi connectivity index (χ0) is 12.7. The van der Waals surface area contributed by atoms with Crippen LogP contribution in [0.25, 0.3) is 0 Å². The minimum absolute atomic E-state index is 0.0449. The van der Waals surface area contributed by atoms with Crippen molar-refractivity contribution in [2.24, 2.45) is 5.41 Å². The summed E-state index contributed by atoms with van der Waals surface area (Å²) >= 11 is 0. The summed E-state index contributed by atoms with van der Waals surface area (Å²) in [5, 5.41) is 9.91. The van der Waals surface area contributed by atoms with Gasteiger partial charge < -0.3 is 9.84 Å². The topological polar surface area (TPSA) is 32.7 Å². The predicted octanol–water partition coefficient (Wildman–Crippen LogP) is 2.04. The standard InChI is InChI=1S/C14H27NO2/c1-13(2)6-5-11(16)9-12(13)15-7-8-17-14(3,4)10-15/h11-12,16H,5-10H2,1-4H3. The third-order valence-corrected chi connectivity index (χ3v) is 4.42. The fourth-order valence-electron chi connectivity index (χ4n) is 3.36. The van der Waals surface area contributed by atoms with Crippen molar-refractivity contribution >= 4 is 0 Å². The normalized spacial score (nSPS) is 37.9. The molecule has 100 valence electrons. The van der Waals surface area contributed by atoms with Crippen LogP contribution in [-0.2, 0) is 4.74 Å². The lowest BCUT2D eigenvalue weighted by Crippen LogP contribution is -2.58. The third kappa shape index (κ3) is 3.01. The molecular formula is C14H27NO2. The molecule has 1 N–H and O–H groups in total. The van der Waals surface area contributed by atoms with Gasteiger partial charge in [-0.1, -0.05) is 13.8 Å². The van der Waals surface area contributed by atoms with Crippen LogP contribution in [0.1, 0.15) is 47.0 Å². The van der Waals surface area contributed by atoms with E-state index in [4.69, 9.17) is 4.74 Å². The molecule has 1 saturated carbocycles. The van der Waals surface area contributed by atoms with E-state index in [2.05, 4.69) is 32.6 Å². The van der Waals surface area contributed by atoms with E-state index in [1.54, 1.807) is 0 Å². The first-order valence-corrected chi connectivity index (χ1v) is 6.86. The van der Waals surface area contributed by atoms with E-state index in [0.717, 1.165) is 39.0 Å². The first-order valence-electron chi connectivity index (χ1n) is 6.86. The maximum absolute atomic E-state index is 9.91. The van der Waals surface area contributed by atoms with Crippen molar-refractivity contribution < 1.29 is 9.84 Å². The number of hydrogen-bond donors (Lipinski definition) is 1. The highest BCUT2D eigenvalue weighted by molar-refractivity contribution is 4.95. The SMILES string of the molecule is CC1(C)CN(C2CC(O)CCC2(C)C)CCO1. The van der Waals surface area contributed by atoms with Crippen LogP contribution in [0.4, 0.5) is 0 Å². The van der Waals surface area contributed by atoms with Gasteiger partial charge >= 0.3 is 0 Å². The summed E-state index contributed by atoms with van der Waals surface area (Å²) in [7, 11) is 0. The number of rotatable bonds is 1. The highest BCUT2D eigenvalue weighted by Crippen LogP contribution is 2.40. The molecule has 2 unspecified atom stereocenters. The molecule has 2 rings (SSSR count). The Hall–Kier alpha value is -0.120. The number of hydrogen-bond acceptors (Lipinski definition) is 3. The Morgan fingerprint density at radius 2 is 1.94 bits per heavy atom. The molecule has 1 aliphatic heterocycles. The van der Waals surface area contributed by atoms with E-state index < -0.39 is 0 Å². The Kier molecular flexibility index (Phi) is 3.54. The first-order chi connectivity index (χ1) is 7.80. The number of morpholine rings is 1. The molecule has 1 saturated heterocycles. The van der Waals surface area contributed by atoms with Gasteiger partial charge in [-0.2, -0.15) is 0 Å². The molecule has 2 atom stereocenters. The number of aliphatic hydroxyl groups excluding tert-OH is 1. The van der Waals surface area contributed by atoms with Crippen molar-refractivity contribution in [3.8, 4) is 0 Å². The molecule has 1 heterocycles. The maximum Gasteiger partial charge on any atom is 0.0753 e. The molecule has 0 aromatic rings. The molecule has 3 nitrogen and oxygen atoms in total. The average molecular weight is 241 g/mol. The smallest absolute Gasteiger partial charge is 0.0753 e. The highest BCUT2D eigenvalue weighted by atomic mass is 16.5. The first kappa shape index (κ1) is 13.3. The summed E-state index contributed by atoms with van der Waals surface area (Å²) in [5.41, 5.74) is 0.267. The largest absolute Gasteiger partial charge is 0.393 e. The molecule has 2 aliphatic rings. The molecule has 3 heteroatoms. The molecule has 17 heavy (non-hydrogen) atoms. The lowest BCUT2D eigenvalue weighted by molar-refractivity contribution is -0.123. The van der Waals surface area contributed by atoms with Gasteiger partial charge in [0.2, 0.25) is 0 Å². The number of ether oxygens (including phenoxy) is 1. The van der Waals surface area contributed by atoms with Gasteiger partial charge in [-0.05, 0) is 38.5 Å². The average Bonchev–Trinajstić information content (AvgIpc) is 2.20. The van der Waals surface area contributed by atoms with Crippen LogP contribution in [0.5, 0.6) is 0 Å². The summed E-state index contributed by atoms with van der Waals surface area (Å²) in [5.74, 6) is 0. The van der Waals surface area contributed by atoms with Gasteiger partial charge in [0, 0.05) is 19.1 Å². The predicted molar refractivity (Wildman–Crippen MR) is 69.0 cm³/mol. The molecule has 0 bridgehead atoms. The second-order valence-corrected chi connectivity index (χ2v) is 7.01. The molecule has 0 aromatic heterocycles. The van der Waals surface area contributed by atoms with Crippen LogP contribution >= 0.6 is 0 Å². The van der Waals surface area contributed by atoms with Crippen molar-refractivity contribution in [3.63, 3.8) is 0 Å². The van der Waals surface area contributed by atoms with Crippen LogP contribution in [0, 0.1) is 5.41 Å². The fraction of sp³-hybridized carbons (Fsp3) is 1.00. The van der Waals surface area contributed by atoms with Gasteiger partial charge in [0.25, 0.3) is 0 Å². The van der Waals surface area contributed by atoms with Gasteiger partial charge in [-0.25, -0.2) is 0 Å². The summed E-state index contributed by atoms with van der Waals surface area (Å²) in [4.78, 5) is 2.53. The van der Waals surface area contributed by atoms with Gasteiger partial charge in [-0.15, -0.1) is 0 Å². The second-order valence-electron chi connectivity index (χ2n) is 7.01. The lowest BCUT2D eigenvalue weighted by atomic mass is 9.71. The van der Waals surface area contributed by atoms with Crippen molar-refractivity contribution in [3.05, 3.63) is 0 Å². The second kappa shape index (κ2) is 4.52. The zero-order valence-corrected chi connectivity index (χ0v) is 11.7. The van der Waals surface area contributed by atoms with Crippen LogP contribution in [-0.4, -0.2) is 47.4 Å². The van der Waals surface area contributed by atoms with Gasteiger partial charge in [0.1, 0.15) is 0 Å². The molecule has 0 amide bonds. The quantitative estimate of drug-likeness (QED) is 0.762. The van der Waals surface area contributed by atoms with E-state index in [9.17, 15) is 5.11 Å². The van der Waals surface area contributed by atoms with Gasteiger partial charge in [0.15, 0.2) is 0 Å². The van der Waals surface area contributed by atoms with E-state index >= 15 is 0 Å². The van der Waals surface area contributed by atoms with E-state index in [1.807, 2.05) is 0 Å². The molecular weight excluding hydrogens is 214 g/mol. The summed E-state index contributed by atoms with van der Waals surface area (Å²) in [6.45, 7) is 11.8. The molecule has 2 fully saturated rings. The Bertz CT molecular complexity index is 275. The van der Waals surface area contributed by atoms with E-state index in [1.165, 1.54) is 0 Å². The van der Waals surface area contributed by atoms with E-state index in [-0.39, 0.29) is 11.7 Å². The number of aliphatic hydroxyl groups is 1. The Balaban J connectivity index is 2.08. The minimum Gasteiger partial charge on any atom is -0.393 e. The summed E-state index contributed by atoms with van der Waals surface area (Å²) in [6, 6.07) is 0.495. The van der Waals surface area contributed by atoms with Crippen LogP contribution in [0.2, 0.25) is 0 Å². The molecule has 0 aromatic carbocycles. The van der Waals surface area contributed by atoms with Crippen molar-refractivity contribution in [1.29, 1.82) is 0 Å². The molecule has 0 spiro atoms. The zero-order valence-electron chi connectivity index (χ0n) is 11.7. The summed E-state index contributed by atoms with van der Waals surface area (Å²) in [6.07, 6.45) is 2.88. The lowest BCUT2D eigenvalue weighted by Gasteiger charge is -2.50. The van der Waals surface area contributed by atoms with Crippen LogP contribution in [0.3, 0.4) is 0 Å². The highest BCUT2D eigenvalue weighted by Gasteiger charge is 2.42. The third-order valence-electron chi connectivity index (χ3n) is 4.42. The van der Waals surface area contributed by atoms with Crippen molar-refractivity contribution in [1.82, 2.24) is 4.90 Å². The van der Waals surface area contributed by atoms with Crippen molar-refractivity contribution in [2.75, 3.05) is 19.7 Å². The number of nitrogens with zero attached hydrogens (tertiary/aromatic N) is 1. The van der Waals surface area contributed by atoms with E-state index in [0.29, 0.717) is 11.5 Å². The van der Waals surface area contributed by atoms with Crippen molar-refractivity contribution in [2.45, 2.75) is 64.7 Å². The fourth-order valence-corrected chi connectivity index (χ4v) is 3.36. The molecule has 1 aliphatic carbocycles. The Morgan fingerprint density at radius 3 is 2.59 bits per heavy atom. The van der Waals surface area contributed by atoms with Gasteiger partial charge in [-0.3, -0.25) is 4.90 Å². The van der Waals surface area contributed by atoms with Gasteiger partial charge in [0.05, 0.1) is 18.3 Å². The summed E-state index contributed by atoms with van der Waals surface area (Å²) < 4.78 is 5.78. The monoisotopic (exact) mass is 241 g/mol. The molecule has 0 radical (unpaired) electrons. The minimum atomic E-state index is -0.112. The van der Waals surface area contributed by atoms with Crippen LogP contribution < -0.4 is 0 Å². The Labute approximate surface area is 105 Å². The maximum atomic E-state index is 9.91.